The van der Waals surface area contributed by atoms with Crippen LogP contribution >= 0.6 is 0 Å². The van der Waals surface area contributed by atoms with Crippen LogP contribution in [0.4, 0.5) is 10.1 Å². The van der Waals surface area contributed by atoms with Gasteiger partial charge in [-0.2, -0.15) is 0 Å². The van der Waals surface area contributed by atoms with E-state index in [0.717, 1.165) is 30.5 Å². The normalized spacial score (nSPS) is 15.6. The van der Waals surface area contributed by atoms with E-state index in [2.05, 4.69) is 4.98 Å². The summed E-state index contributed by atoms with van der Waals surface area (Å²) in [5.41, 5.74) is 0.906. The molecular formula is C19H21FN2O2. The molecule has 126 valence electrons. The monoisotopic (exact) mass is 328 g/mol. The number of nitrogens with zero attached hydrogens (tertiary/aromatic N) is 2. The molecule has 2 aromatic rings. The van der Waals surface area contributed by atoms with Gasteiger partial charge in [0.25, 0.3) is 0 Å². The van der Waals surface area contributed by atoms with Gasteiger partial charge in [0.15, 0.2) is 0 Å². The maximum atomic E-state index is 13.7. The van der Waals surface area contributed by atoms with Gasteiger partial charge in [-0.05, 0) is 42.7 Å². The Labute approximate surface area is 141 Å². The van der Waals surface area contributed by atoms with Gasteiger partial charge in [0.2, 0.25) is 5.91 Å². The second-order valence-electron chi connectivity index (χ2n) is 6.10. The fraction of sp³-hybridized carbons (Fsp3) is 0.368. The van der Waals surface area contributed by atoms with Gasteiger partial charge in [-0.3, -0.25) is 9.78 Å². The fourth-order valence-corrected chi connectivity index (χ4v) is 3.26. The third-order valence-corrected chi connectivity index (χ3v) is 4.73. The average Bonchev–Trinajstić information content (AvgIpc) is 2.55. The van der Waals surface area contributed by atoms with Crippen LogP contribution < -0.4 is 4.90 Å². The molecule has 0 spiro atoms. The summed E-state index contributed by atoms with van der Waals surface area (Å²) in [5.74, 6) is -0.304. The minimum Gasteiger partial charge on any atom is -0.383 e. The summed E-state index contributed by atoms with van der Waals surface area (Å²) in [7, 11) is 1.61. The van der Waals surface area contributed by atoms with E-state index in [-0.39, 0.29) is 11.7 Å². The Morgan fingerprint density at radius 2 is 2.04 bits per heavy atom. The summed E-state index contributed by atoms with van der Waals surface area (Å²) in [4.78, 5) is 19.1. The van der Waals surface area contributed by atoms with E-state index in [9.17, 15) is 9.18 Å². The Balaban J connectivity index is 1.96. The molecule has 5 heteroatoms. The minimum absolute atomic E-state index is 0.00241. The number of aromatic nitrogens is 1. The predicted molar refractivity (Wildman–Crippen MR) is 90.4 cm³/mol. The zero-order valence-electron chi connectivity index (χ0n) is 13.7. The van der Waals surface area contributed by atoms with Crippen molar-refractivity contribution in [3.05, 3.63) is 60.2 Å². The number of halogens is 1. The number of methoxy groups -OCH3 is 1. The number of amides is 1. The third-order valence-electron chi connectivity index (χ3n) is 4.73. The predicted octanol–water partition coefficient (Wildman–Crippen LogP) is 3.32. The number of carbonyl (C=O) groups excluding carboxylic acids is 1. The molecular weight excluding hydrogens is 307 g/mol. The molecule has 1 aliphatic carbocycles. The van der Waals surface area contributed by atoms with Crippen LogP contribution in [-0.2, 0) is 14.9 Å². The SMILES string of the molecule is COCCN(C(=O)C1(c2cccc(F)c2)CCC1)c1ccncc1. The lowest BCUT2D eigenvalue weighted by Crippen LogP contribution is -2.52. The van der Waals surface area contributed by atoms with Crippen LogP contribution in [0, 0.1) is 5.82 Å². The highest BCUT2D eigenvalue weighted by Crippen LogP contribution is 2.45. The van der Waals surface area contributed by atoms with Crippen LogP contribution in [0.15, 0.2) is 48.8 Å². The number of hydrogen-bond acceptors (Lipinski definition) is 3. The first-order chi connectivity index (χ1) is 11.7. The number of ether oxygens (including phenoxy) is 1. The van der Waals surface area contributed by atoms with Gasteiger partial charge in [-0.15, -0.1) is 0 Å². The highest BCUT2D eigenvalue weighted by atomic mass is 19.1. The summed E-state index contributed by atoms with van der Waals surface area (Å²) in [5, 5.41) is 0. The van der Waals surface area contributed by atoms with Crippen LogP contribution in [0.3, 0.4) is 0 Å². The summed E-state index contributed by atoms with van der Waals surface area (Å²) in [6.07, 6.45) is 5.78. The second-order valence-corrected chi connectivity index (χ2v) is 6.10. The molecule has 0 aliphatic heterocycles. The van der Waals surface area contributed by atoms with Gasteiger partial charge in [0.05, 0.1) is 12.0 Å². The van der Waals surface area contributed by atoms with Gasteiger partial charge in [-0.25, -0.2) is 4.39 Å². The van der Waals surface area contributed by atoms with Gasteiger partial charge in [0.1, 0.15) is 5.82 Å². The van der Waals surface area contributed by atoms with E-state index in [1.54, 1.807) is 30.5 Å². The fourth-order valence-electron chi connectivity index (χ4n) is 3.26. The Kier molecular flexibility index (Phi) is 4.90. The molecule has 0 unspecified atom stereocenters. The van der Waals surface area contributed by atoms with Crippen molar-refractivity contribution in [3.63, 3.8) is 0 Å². The Morgan fingerprint density at radius 3 is 2.62 bits per heavy atom. The van der Waals surface area contributed by atoms with Crippen molar-refractivity contribution in [1.82, 2.24) is 4.98 Å². The van der Waals surface area contributed by atoms with Crippen molar-refractivity contribution in [1.29, 1.82) is 0 Å². The molecule has 0 atom stereocenters. The zero-order chi connectivity index (χ0) is 17.0. The van der Waals surface area contributed by atoms with E-state index in [1.807, 2.05) is 18.2 Å². The summed E-state index contributed by atoms with van der Waals surface area (Å²) in [6.45, 7) is 0.893. The standard InChI is InChI=1S/C19H21FN2O2/c1-24-13-12-22(17-6-10-21-11-7-17)18(23)19(8-3-9-19)15-4-2-5-16(20)14-15/h2,4-7,10-11,14H,3,8-9,12-13H2,1H3. The summed E-state index contributed by atoms with van der Waals surface area (Å²) < 4.78 is 18.9. The second kappa shape index (κ2) is 7.09. The Hall–Kier alpha value is -2.27. The van der Waals surface area contributed by atoms with E-state index in [1.165, 1.54) is 12.1 Å². The van der Waals surface area contributed by atoms with Gasteiger partial charge >= 0.3 is 0 Å². The van der Waals surface area contributed by atoms with Crippen LogP contribution in [0.25, 0.3) is 0 Å². The molecule has 0 N–H and O–H groups in total. The van der Waals surface area contributed by atoms with Gasteiger partial charge < -0.3 is 9.64 Å². The number of rotatable bonds is 6. The van der Waals surface area contributed by atoms with E-state index in [4.69, 9.17) is 4.74 Å². The Morgan fingerprint density at radius 1 is 1.29 bits per heavy atom. The van der Waals surface area contributed by atoms with Crippen molar-refractivity contribution < 1.29 is 13.9 Å². The smallest absolute Gasteiger partial charge is 0.237 e. The summed E-state index contributed by atoms with van der Waals surface area (Å²) in [6, 6.07) is 10.0. The quantitative estimate of drug-likeness (QED) is 0.817. The molecule has 0 bridgehead atoms. The molecule has 1 amide bonds. The lowest BCUT2D eigenvalue weighted by molar-refractivity contribution is -0.127. The maximum absolute atomic E-state index is 13.7. The van der Waals surface area contributed by atoms with Crippen LogP contribution in [0.2, 0.25) is 0 Å². The molecule has 0 saturated heterocycles. The zero-order valence-corrected chi connectivity index (χ0v) is 13.7. The molecule has 1 aliphatic rings. The first-order valence-corrected chi connectivity index (χ1v) is 8.14. The topological polar surface area (TPSA) is 42.4 Å². The van der Waals surface area contributed by atoms with Crippen LogP contribution in [-0.4, -0.2) is 31.2 Å². The van der Waals surface area contributed by atoms with Crippen molar-refractivity contribution in [2.45, 2.75) is 24.7 Å². The molecule has 1 aromatic heterocycles. The van der Waals surface area contributed by atoms with Crippen LogP contribution in [0.1, 0.15) is 24.8 Å². The molecule has 24 heavy (non-hydrogen) atoms. The highest BCUT2D eigenvalue weighted by molar-refractivity contribution is 6.01. The first kappa shape index (κ1) is 16.6. The van der Waals surface area contributed by atoms with Crippen molar-refractivity contribution >= 4 is 11.6 Å². The lowest BCUT2D eigenvalue weighted by atomic mass is 9.63. The minimum atomic E-state index is -0.640. The highest BCUT2D eigenvalue weighted by Gasteiger charge is 2.48. The van der Waals surface area contributed by atoms with Crippen molar-refractivity contribution in [2.24, 2.45) is 0 Å². The lowest BCUT2D eigenvalue weighted by Gasteiger charge is -2.44. The number of carbonyl (C=O) groups is 1. The van der Waals surface area contributed by atoms with E-state index in [0.29, 0.717) is 13.2 Å². The van der Waals surface area contributed by atoms with Crippen molar-refractivity contribution in [2.75, 3.05) is 25.2 Å². The number of anilines is 1. The summed E-state index contributed by atoms with van der Waals surface area (Å²) >= 11 is 0. The van der Waals surface area contributed by atoms with Crippen molar-refractivity contribution in [3.8, 4) is 0 Å². The molecule has 4 nitrogen and oxygen atoms in total. The molecule has 3 rings (SSSR count). The maximum Gasteiger partial charge on any atom is 0.237 e. The molecule has 1 saturated carbocycles. The van der Waals surface area contributed by atoms with E-state index < -0.39 is 5.41 Å². The largest absolute Gasteiger partial charge is 0.383 e. The molecule has 1 aromatic carbocycles. The average molecular weight is 328 g/mol. The number of hydrogen-bond donors (Lipinski definition) is 0. The molecule has 0 radical (unpaired) electrons. The van der Waals surface area contributed by atoms with E-state index >= 15 is 0 Å². The van der Waals surface area contributed by atoms with Gasteiger partial charge in [0, 0.05) is 31.7 Å². The molecule has 1 fully saturated rings. The third kappa shape index (κ3) is 3.04. The number of benzene rings is 1. The van der Waals surface area contributed by atoms with Crippen LogP contribution in [0.5, 0.6) is 0 Å². The number of pyridine rings is 1. The Bertz CT molecular complexity index is 702. The van der Waals surface area contributed by atoms with Gasteiger partial charge in [-0.1, -0.05) is 18.6 Å². The first-order valence-electron chi connectivity index (χ1n) is 8.14. The molecule has 1 heterocycles.